The van der Waals surface area contributed by atoms with Crippen molar-refractivity contribution in [2.75, 3.05) is 26.0 Å². The van der Waals surface area contributed by atoms with E-state index in [0.29, 0.717) is 38.0 Å². The number of carbonyl (C=O) groups excluding carboxylic acids is 1. The highest BCUT2D eigenvalue weighted by Gasteiger charge is 2.49. The third-order valence-corrected chi connectivity index (χ3v) is 6.90. The average Bonchev–Trinajstić information content (AvgIpc) is 2.70. The molecule has 0 saturated carbocycles. The number of pyridine rings is 1. The third kappa shape index (κ3) is 4.20. The molecule has 0 radical (unpaired) electrons. The first kappa shape index (κ1) is 21.2. The van der Waals surface area contributed by atoms with Crippen LogP contribution in [0.3, 0.4) is 0 Å². The number of hydrogen-bond donors (Lipinski definition) is 2. The van der Waals surface area contributed by atoms with Crippen LogP contribution in [0.2, 0.25) is 0 Å². The Balaban J connectivity index is 1.48. The molecule has 2 aliphatic heterocycles. The van der Waals surface area contributed by atoms with Crippen molar-refractivity contribution >= 4 is 26.7 Å². The molecule has 2 aromatic rings. The third-order valence-electron chi connectivity index (χ3n) is 6.19. The summed E-state index contributed by atoms with van der Waals surface area (Å²) in [5.74, 6) is -0.115. The molecule has 2 saturated heterocycles. The summed E-state index contributed by atoms with van der Waals surface area (Å²) in [6, 6.07) is 8.92. The molecular formula is C21H27N3O5S. The second kappa shape index (κ2) is 7.56. The SMILES string of the molecule is C[C@]1(O)COC2(CCN(C(=O)c3nccc4ccccc34)CC2)C[C@@H]1NS(C)(=O)=O. The Kier molecular flexibility index (Phi) is 5.34. The normalized spacial score (nSPS) is 26.8. The lowest BCUT2D eigenvalue weighted by Crippen LogP contribution is -2.64. The zero-order valence-corrected chi connectivity index (χ0v) is 18.0. The second-order valence-corrected chi connectivity index (χ2v) is 10.4. The van der Waals surface area contributed by atoms with E-state index >= 15 is 0 Å². The van der Waals surface area contributed by atoms with Crippen LogP contribution in [-0.4, -0.2) is 72.5 Å². The summed E-state index contributed by atoms with van der Waals surface area (Å²) in [5.41, 5.74) is -1.41. The Hall–Kier alpha value is -2.07. The smallest absolute Gasteiger partial charge is 0.273 e. The molecule has 4 rings (SSSR count). The van der Waals surface area contributed by atoms with Gasteiger partial charge in [0.15, 0.2) is 0 Å². The van der Waals surface area contributed by atoms with Crippen molar-refractivity contribution < 1.29 is 23.1 Å². The van der Waals surface area contributed by atoms with Crippen LogP contribution in [-0.2, 0) is 14.8 Å². The van der Waals surface area contributed by atoms with Gasteiger partial charge >= 0.3 is 0 Å². The van der Waals surface area contributed by atoms with E-state index < -0.39 is 27.3 Å². The van der Waals surface area contributed by atoms with Crippen molar-refractivity contribution in [1.29, 1.82) is 0 Å². The van der Waals surface area contributed by atoms with Crippen molar-refractivity contribution in [3.8, 4) is 0 Å². The van der Waals surface area contributed by atoms with Crippen LogP contribution in [0.4, 0.5) is 0 Å². The number of rotatable bonds is 3. The molecule has 1 spiro atoms. The summed E-state index contributed by atoms with van der Waals surface area (Å²) in [6.07, 6.45) is 4.24. The van der Waals surface area contributed by atoms with Crippen LogP contribution in [0.25, 0.3) is 10.8 Å². The van der Waals surface area contributed by atoms with Gasteiger partial charge < -0.3 is 14.7 Å². The van der Waals surface area contributed by atoms with E-state index in [1.807, 2.05) is 30.3 Å². The van der Waals surface area contributed by atoms with Crippen LogP contribution >= 0.6 is 0 Å². The molecule has 2 aliphatic rings. The number of nitrogens with zero attached hydrogens (tertiary/aromatic N) is 2. The summed E-state index contributed by atoms with van der Waals surface area (Å²) in [5, 5.41) is 12.4. The summed E-state index contributed by atoms with van der Waals surface area (Å²) in [7, 11) is -3.47. The first-order valence-electron chi connectivity index (χ1n) is 10.1. The minimum atomic E-state index is -3.47. The Morgan fingerprint density at radius 2 is 1.97 bits per heavy atom. The van der Waals surface area contributed by atoms with Gasteiger partial charge in [-0.1, -0.05) is 24.3 Å². The molecule has 2 fully saturated rings. The quantitative estimate of drug-likeness (QED) is 0.755. The predicted molar refractivity (Wildman–Crippen MR) is 113 cm³/mol. The van der Waals surface area contributed by atoms with Crippen molar-refractivity contribution in [3.05, 3.63) is 42.2 Å². The molecule has 3 heterocycles. The van der Waals surface area contributed by atoms with Gasteiger partial charge in [0, 0.05) is 24.7 Å². The number of hydrogen-bond acceptors (Lipinski definition) is 6. The number of sulfonamides is 1. The number of carbonyl (C=O) groups is 1. The lowest BCUT2D eigenvalue weighted by molar-refractivity contribution is -0.187. The molecule has 30 heavy (non-hydrogen) atoms. The number of ether oxygens (including phenoxy) is 1. The van der Waals surface area contributed by atoms with E-state index in [1.165, 1.54) is 0 Å². The molecule has 2 N–H and O–H groups in total. The molecule has 0 aliphatic carbocycles. The van der Waals surface area contributed by atoms with Crippen LogP contribution in [0.5, 0.6) is 0 Å². The number of fused-ring (bicyclic) bond motifs is 1. The van der Waals surface area contributed by atoms with Crippen LogP contribution in [0, 0.1) is 0 Å². The van der Waals surface area contributed by atoms with Crippen molar-refractivity contribution in [3.63, 3.8) is 0 Å². The fourth-order valence-corrected chi connectivity index (χ4v) is 5.24. The second-order valence-electron chi connectivity index (χ2n) is 8.65. The highest BCUT2D eigenvalue weighted by molar-refractivity contribution is 7.88. The minimum absolute atomic E-state index is 0.0407. The maximum atomic E-state index is 13.1. The molecular weight excluding hydrogens is 406 g/mol. The van der Waals surface area contributed by atoms with E-state index in [4.69, 9.17) is 4.74 Å². The summed E-state index contributed by atoms with van der Waals surface area (Å²) in [4.78, 5) is 19.2. The Bertz CT molecular complexity index is 1060. The number of aliphatic hydroxyl groups is 1. The van der Waals surface area contributed by atoms with Gasteiger partial charge in [-0.05, 0) is 37.6 Å². The fourth-order valence-electron chi connectivity index (χ4n) is 4.38. The van der Waals surface area contributed by atoms with E-state index in [2.05, 4.69) is 9.71 Å². The lowest BCUT2D eigenvalue weighted by Gasteiger charge is -2.50. The van der Waals surface area contributed by atoms with Crippen molar-refractivity contribution in [1.82, 2.24) is 14.6 Å². The zero-order chi connectivity index (χ0) is 21.6. The highest BCUT2D eigenvalue weighted by atomic mass is 32.2. The maximum absolute atomic E-state index is 13.1. The Morgan fingerprint density at radius 3 is 2.67 bits per heavy atom. The topological polar surface area (TPSA) is 109 Å². The largest absolute Gasteiger partial charge is 0.386 e. The van der Waals surface area contributed by atoms with Gasteiger partial charge in [-0.3, -0.25) is 9.78 Å². The highest BCUT2D eigenvalue weighted by Crippen LogP contribution is 2.39. The van der Waals surface area contributed by atoms with Crippen molar-refractivity contribution in [2.45, 2.75) is 43.4 Å². The van der Waals surface area contributed by atoms with Gasteiger partial charge in [0.25, 0.3) is 5.91 Å². The Morgan fingerprint density at radius 1 is 1.27 bits per heavy atom. The van der Waals surface area contributed by atoms with Crippen molar-refractivity contribution in [2.24, 2.45) is 0 Å². The number of nitrogens with one attached hydrogen (secondary N) is 1. The lowest BCUT2D eigenvalue weighted by atomic mass is 9.78. The molecule has 9 heteroatoms. The minimum Gasteiger partial charge on any atom is -0.386 e. The van der Waals surface area contributed by atoms with E-state index in [9.17, 15) is 18.3 Å². The van der Waals surface area contributed by atoms with Gasteiger partial charge in [0.05, 0.1) is 24.5 Å². The van der Waals surface area contributed by atoms with Crippen LogP contribution < -0.4 is 4.72 Å². The summed E-state index contributed by atoms with van der Waals surface area (Å²) < 4.78 is 32.1. The van der Waals surface area contributed by atoms with E-state index in [-0.39, 0.29) is 12.5 Å². The Labute approximate surface area is 176 Å². The number of likely N-dealkylation sites (tertiary alicyclic amines) is 1. The number of benzene rings is 1. The standard InChI is InChI=1S/C21H27N3O5S/c1-20(26)14-29-21(13-17(20)23-30(2,27)28)8-11-24(12-9-21)19(25)18-16-6-4-3-5-15(16)7-10-22-18/h3-7,10,17,23,26H,8-9,11-14H2,1-2H3/t17-,20-/m0/s1. The molecule has 162 valence electrons. The number of amides is 1. The fraction of sp³-hybridized carbons (Fsp3) is 0.524. The van der Waals surface area contributed by atoms with Gasteiger partial charge in [0.1, 0.15) is 11.3 Å². The first-order valence-corrected chi connectivity index (χ1v) is 11.9. The first-order chi connectivity index (χ1) is 14.1. The van der Waals surface area contributed by atoms with Crippen LogP contribution in [0.1, 0.15) is 36.7 Å². The molecule has 1 aromatic heterocycles. The zero-order valence-electron chi connectivity index (χ0n) is 17.2. The molecule has 2 atom stereocenters. The van der Waals surface area contributed by atoms with E-state index in [0.717, 1.165) is 17.0 Å². The maximum Gasteiger partial charge on any atom is 0.273 e. The summed E-state index contributed by atoms with van der Waals surface area (Å²) >= 11 is 0. The monoisotopic (exact) mass is 433 g/mol. The summed E-state index contributed by atoms with van der Waals surface area (Å²) in [6.45, 7) is 2.58. The van der Waals surface area contributed by atoms with E-state index in [1.54, 1.807) is 18.0 Å². The molecule has 1 amide bonds. The number of aromatic nitrogens is 1. The van der Waals surface area contributed by atoms with Crippen LogP contribution in [0.15, 0.2) is 36.5 Å². The average molecular weight is 434 g/mol. The van der Waals surface area contributed by atoms with Gasteiger partial charge in [-0.2, -0.15) is 0 Å². The van der Waals surface area contributed by atoms with Gasteiger partial charge in [0.2, 0.25) is 10.0 Å². The van der Waals surface area contributed by atoms with Gasteiger partial charge in [-0.25, -0.2) is 13.1 Å². The molecule has 8 nitrogen and oxygen atoms in total. The predicted octanol–water partition coefficient (Wildman–Crippen LogP) is 1.30. The van der Waals surface area contributed by atoms with Gasteiger partial charge in [-0.15, -0.1) is 0 Å². The molecule has 0 unspecified atom stereocenters. The number of piperidine rings is 1. The molecule has 0 bridgehead atoms. The molecule has 1 aromatic carbocycles.